The lowest BCUT2D eigenvalue weighted by Crippen LogP contribution is -2.46. The number of nitrogens with one attached hydrogen (secondary N) is 1. The first-order valence-electron chi connectivity index (χ1n) is 11.4. The number of aryl methyl sites for hydroxylation is 1. The van der Waals surface area contributed by atoms with Gasteiger partial charge in [0.15, 0.2) is 5.76 Å². The van der Waals surface area contributed by atoms with Gasteiger partial charge in [0.05, 0.1) is 11.6 Å². The number of piperazine rings is 1. The molecule has 10 heteroatoms. The lowest BCUT2D eigenvalue weighted by atomic mass is 10.1. The summed E-state index contributed by atoms with van der Waals surface area (Å²) in [6, 6.07) is 15.8. The molecule has 0 atom stereocenters. The number of hydrogen-bond donors (Lipinski definition) is 2. The molecule has 0 unspecified atom stereocenters. The van der Waals surface area contributed by atoms with E-state index in [1.54, 1.807) is 6.07 Å². The van der Waals surface area contributed by atoms with Crippen molar-refractivity contribution in [3.63, 3.8) is 0 Å². The van der Waals surface area contributed by atoms with Crippen LogP contribution in [0.2, 0.25) is 0 Å². The molecule has 3 heterocycles. The molecule has 4 aromatic rings. The van der Waals surface area contributed by atoms with Crippen LogP contribution in [0.15, 0.2) is 53.1 Å². The molecule has 0 spiro atoms. The third kappa shape index (κ3) is 5.98. The van der Waals surface area contributed by atoms with E-state index >= 15 is 0 Å². The van der Waals surface area contributed by atoms with Crippen molar-refractivity contribution >= 4 is 45.9 Å². The standard InChI is InChI=1S/C26H27N5O2.ClH.2H2O/c27-16-18-4-6-23-22(13-18)19(17-29-23)3-1-2-8-30-9-11-31(12-10-30)21-5-7-24-20(14-21)15-25(33-24)26(28)32;;;/h4-7,13-15,17,29H,1-3,8-12H2,(H2,28,32);1H;2*1H2. The normalized spacial score (nSPS) is 13.5. The van der Waals surface area contributed by atoms with Gasteiger partial charge in [0, 0.05) is 54.4 Å². The highest BCUT2D eigenvalue weighted by atomic mass is 35.5. The van der Waals surface area contributed by atoms with Gasteiger partial charge in [-0.05, 0) is 73.8 Å². The first-order valence-corrected chi connectivity index (χ1v) is 11.4. The maximum atomic E-state index is 11.4. The van der Waals surface area contributed by atoms with E-state index in [4.69, 9.17) is 15.4 Å². The van der Waals surface area contributed by atoms with Crippen LogP contribution in [0.1, 0.15) is 34.5 Å². The molecule has 7 N–H and O–H groups in total. The minimum Gasteiger partial charge on any atom is -0.451 e. The summed E-state index contributed by atoms with van der Waals surface area (Å²) in [6.45, 7) is 5.13. The van der Waals surface area contributed by atoms with Crippen molar-refractivity contribution in [3.05, 3.63) is 65.5 Å². The number of carbonyl (C=O) groups excluding carboxylic acids is 1. The predicted molar refractivity (Wildman–Crippen MR) is 144 cm³/mol. The first kappa shape index (κ1) is 28.7. The number of unbranched alkanes of at least 4 members (excludes halogenated alkanes) is 1. The van der Waals surface area contributed by atoms with Gasteiger partial charge in [-0.15, -0.1) is 12.4 Å². The second-order valence-electron chi connectivity index (χ2n) is 8.67. The molecule has 0 radical (unpaired) electrons. The highest BCUT2D eigenvalue weighted by Gasteiger charge is 2.18. The highest BCUT2D eigenvalue weighted by molar-refractivity contribution is 5.95. The Kier molecular flexibility index (Phi) is 9.90. The number of amides is 1. The van der Waals surface area contributed by atoms with Gasteiger partial charge in [-0.2, -0.15) is 5.26 Å². The zero-order valence-corrected chi connectivity index (χ0v) is 20.7. The quantitative estimate of drug-likeness (QED) is 0.362. The molecule has 5 rings (SSSR count). The summed E-state index contributed by atoms with van der Waals surface area (Å²) in [5.41, 5.74) is 10.3. The maximum Gasteiger partial charge on any atom is 0.284 e. The maximum absolute atomic E-state index is 11.4. The zero-order chi connectivity index (χ0) is 22.8. The average molecular weight is 514 g/mol. The molecular formula is C26H32ClN5O4. The minimum atomic E-state index is -0.544. The van der Waals surface area contributed by atoms with Gasteiger partial charge in [0.2, 0.25) is 0 Å². The molecule has 0 aliphatic carbocycles. The molecule has 0 saturated carbocycles. The number of aromatic amines is 1. The number of benzene rings is 2. The fourth-order valence-corrected chi connectivity index (χ4v) is 4.68. The van der Waals surface area contributed by atoms with E-state index in [1.807, 2.05) is 30.3 Å². The first-order chi connectivity index (χ1) is 16.1. The van der Waals surface area contributed by atoms with Crippen LogP contribution in [0.4, 0.5) is 5.69 Å². The third-order valence-corrected chi connectivity index (χ3v) is 6.55. The Labute approximate surface area is 215 Å². The number of nitriles is 1. The van der Waals surface area contributed by atoms with Crippen molar-refractivity contribution in [2.24, 2.45) is 5.73 Å². The number of halogens is 1. The Morgan fingerprint density at radius 2 is 1.83 bits per heavy atom. The molecule has 2 aromatic carbocycles. The second-order valence-corrected chi connectivity index (χ2v) is 8.67. The summed E-state index contributed by atoms with van der Waals surface area (Å²) < 4.78 is 5.49. The van der Waals surface area contributed by atoms with Crippen molar-refractivity contribution in [2.45, 2.75) is 19.3 Å². The SMILES string of the molecule is Cl.N#Cc1ccc2[nH]cc(CCCCN3CCN(c4ccc5oc(C(N)=O)cc5c4)CC3)c2c1.O.O. The van der Waals surface area contributed by atoms with E-state index in [0.717, 1.165) is 68.6 Å². The fourth-order valence-electron chi connectivity index (χ4n) is 4.68. The molecule has 1 amide bonds. The average Bonchev–Trinajstić information content (AvgIpc) is 3.45. The Balaban J connectivity index is 0.00000152. The van der Waals surface area contributed by atoms with Gasteiger partial charge in [0.1, 0.15) is 5.58 Å². The Bertz CT molecular complexity index is 1350. The third-order valence-electron chi connectivity index (χ3n) is 6.55. The van der Waals surface area contributed by atoms with Crippen LogP contribution in [0.25, 0.3) is 21.9 Å². The molecule has 1 aliphatic rings. The van der Waals surface area contributed by atoms with Gasteiger partial charge in [-0.3, -0.25) is 9.69 Å². The molecule has 2 aromatic heterocycles. The number of primary amides is 1. The van der Waals surface area contributed by atoms with E-state index in [0.29, 0.717) is 11.1 Å². The smallest absolute Gasteiger partial charge is 0.284 e. The van der Waals surface area contributed by atoms with Crippen molar-refractivity contribution in [2.75, 3.05) is 37.6 Å². The zero-order valence-electron chi connectivity index (χ0n) is 19.9. The van der Waals surface area contributed by atoms with Crippen LogP contribution in [0.3, 0.4) is 0 Å². The van der Waals surface area contributed by atoms with Crippen molar-refractivity contribution in [3.8, 4) is 6.07 Å². The summed E-state index contributed by atoms with van der Waals surface area (Å²) in [4.78, 5) is 19.6. The van der Waals surface area contributed by atoms with E-state index in [1.165, 1.54) is 10.9 Å². The molecule has 9 nitrogen and oxygen atoms in total. The van der Waals surface area contributed by atoms with Gasteiger partial charge in [-0.1, -0.05) is 0 Å². The molecule has 1 fully saturated rings. The molecule has 1 saturated heterocycles. The number of H-pyrrole nitrogens is 1. The van der Waals surface area contributed by atoms with Gasteiger partial charge in [-0.25, -0.2) is 0 Å². The summed E-state index contributed by atoms with van der Waals surface area (Å²) >= 11 is 0. The molecule has 36 heavy (non-hydrogen) atoms. The summed E-state index contributed by atoms with van der Waals surface area (Å²) in [6.07, 6.45) is 5.38. The van der Waals surface area contributed by atoms with Crippen LogP contribution in [-0.2, 0) is 6.42 Å². The van der Waals surface area contributed by atoms with Crippen LogP contribution < -0.4 is 10.6 Å². The van der Waals surface area contributed by atoms with Crippen LogP contribution in [0.5, 0.6) is 0 Å². The van der Waals surface area contributed by atoms with Crippen LogP contribution >= 0.6 is 12.4 Å². The number of nitrogens with zero attached hydrogens (tertiary/aromatic N) is 3. The van der Waals surface area contributed by atoms with E-state index in [-0.39, 0.29) is 29.1 Å². The summed E-state index contributed by atoms with van der Waals surface area (Å²) in [5, 5.41) is 11.2. The van der Waals surface area contributed by atoms with E-state index < -0.39 is 5.91 Å². The summed E-state index contributed by atoms with van der Waals surface area (Å²) in [5.74, 6) is -0.344. The van der Waals surface area contributed by atoms with Gasteiger partial charge in [0.25, 0.3) is 5.91 Å². The molecule has 0 bridgehead atoms. The Morgan fingerprint density at radius 1 is 1.06 bits per heavy atom. The summed E-state index contributed by atoms with van der Waals surface area (Å²) in [7, 11) is 0. The monoisotopic (exact) mass is 513 g/mol. The van der Waals surface area contributed by atoms with Crippen molar-refractivity contribution in [1.29, 1.82) is 5.26 Å². The number of furan rings is 1. The number of anilines is 1. The van der Waals surface area contributed by atoms with Crippen LogP contribution in [-0.4, -0.2) is 59.5 Å². The predicted octanol–water partition coefficient (Wildman–Crippen LogP) is 2.80. The number of aromatic nitrogens is 1. The second kappa shape index (κ2) is 12.4. The Hall–Kier alpha value is -3.55. The molecular weight excluding hydrogens is 482 g/mol. The number of hydrogen-bond acceptors (Lipinski definition) is 5. The highest BCUT2D eigenvalue weighted by Crippen LogP contribution is 2.26. The molecule has 192 valence electrons. The fraction of sp³-hybridized carbons (Fsp3) is 0.308. The lowest BCUT2D eigenvalue weighted by molar-refractivity contribution is 0.0976. The van der Waals surface area contributed by atoms with Gasteiger partial charge < -0.3 is 31.0 Å². The minimum absolute atomic E-state index is 0. The van der Waals surface area contributed by atoms with E-state index in [2.05, 4.69) is 33.1 Å². The lowest BCUT2D eigenvalue weighted by Gasteiger charge is -2.36. The number of rotatable bonds is 7. The van der Waals surface area contributed by atoms with Crippen LogP contribution in [0, 0.1) is 11.3 Å². The van der Waals surface area contributed by atoms with Crippen molar-refractivity contribution in [1.82, 2.24) is 9.88 Å². The van der Waals surface area contributed by atoms with Crippen molar-refractivity contribution < 1.29 is 20.2 Å². The van der Waals surface area contributed by atoms with Gasteiger partial charge >= 0.3 is 0 Å². The molecule has 1 aliphatic heterocycles. The number of carbonyl (C=O) groups is 1. The van der Waals surface area contributed by atoms with E-state index in [9.17, 15) is 4.79 Å². The number of fused-ring (bicyclic) bond motifs is 2. The Morgan fingerprint density at radius 3 is 2.56 bits per heavy atom. The largest absolute Gasteiger partial charge is 0.451 e. The number of nitrogens with two attached hydrogens (primary N) is 1. The topological polar surface area (TPSA) is 165 Å².